The summed E-state index contributed by atoms with van der Waals surface area (Å²) in [5, 5.41) is 4.05. The Morgan fingerprint density at radius 1 is 1.00 bits per heavy atom. The maximum absolute atomic E-state index is 6.22. The Bertz CT molecular complexity index is 610. The van der Waals surface area contributed by atoms with Crippen molar-refractivity contribution in [2.24, 2.45) is 0 Å². The van der Waals surface area contributed by atoms with Crippen molar-refractivity contribution in [3.63, 3.8) is 0 Å². The molecule has 0 saturated carbocycles. The lowest BCUT2D eigenvalue weighted by Crippen LogP contribution is -2.14. The van der Waals surface area contributed by atoms with Gasteiger partial charge in [-0.15, -0.1) is 0 Å². The molecule has 0 bridgehead atoms. The van der Waals surface area contributed by atoms with Crippen LogP contribution in [-0.2, 0) is 6.54 Å². The summed E-state index contributed by atoms with van der Waals surface area (Å²) in [4.78, 5) is 0. The molecule has 2 aromatic rings. The van der Waals surface area contributed by atoms with Gasteiger partial charge in [0.1, 0.15) is 11.5 Å². The summed E-state index contributed by atoms with van der Waals surface area (Å²) in [7, 11) is 0. The Balaban J connectivity index is 2.24. The van der Waals surface area contributed by atoms with Crippen molar-refractivity contribution in [3.05, 3.63) is 58.1 Å². The molecule has 112 valence electrons. The third-order valence-corrected chi connectivity index (χ3v) is 3.58. The van der Waals surface area contributed by atoms with Crippen LogP contribution in [0.25, 0.3) is 0 Å². The number of rotatable bonds is 6. The predicted octanol–water partition coefficient (Wildman–Crippen LogP) is 5.25. The third kappa shape index (κ3) is 4.48. The second-order valence-electron chi connectivity index (χ2n) is 5.32. The number of nitrogens with one attached hydrogen (secondary N) is 1. The second-order valence-corrected chi connectivity index (χ2v) is 5.73. The van der Waals surface area contributed by atoms with E-state index in [0.717, 1.165) is 36.4 Å². The summed E-state index contributed by atoms with van der Waals surface area (Å²) in [5.41, 5.74) is 3.51. The second kappa shape index (κ2) is 7.48. The van der Waals surface area contributed by atoms with Gasteiger partial charge >= 0.3 is 0 Å². The maximum atomic E-state index is 6.22. The topological polar surface area (TPSA) is 21.3 Å². The molecule has 0 aliphatic heterocycles. The lowest BCUT2D eigenvalue weighted by molar-refractivity contribution is 0.472. The largest absolute Gasteiger partial charge is 0.455 e. The Kier molecular flexibility index (Phi) is 5.66. The minimum atomic E-state index is 0.633. The Morgan fingerprint density at radius 3 is 2.48 bits per heavy atom. The number of hydrogen-bond donors (Lipinski definition) is 1. The average molecular weight is 304 g/mol. The van der Waals surface area contributed by atoms with Gasteiger partial charge in [0.15, 0.2) is 0 Å². The SMILES string of the molecule is CCCNCc1cc(C)ccc1Oc1cc(C)ccc1Cl. The van der Waals surface area contributed by atoms with Gasteiger partial charge in [0.05, 0.1) is 5.02 Å². The Hall–Kier alpha value is -1.51. The molecule has 0 amide bonds. The van der Waals surface area contributed by atoms with Gasteiger partial charge in [0.2, 0.25) is 0 Å². The van der Waals surface area contributed by atoms with Gasteiger partial charge in [-0.2, -0.15) is 0 Å². The zero-order valence-corrected chi connectivity index (χ0v) is 13.6. The first-order valence-corrected chi connectivity index (χ1v) is 7.72. The van der Waals surface area contributed by atoms with Crippen LogP contribution in [-0.4, -0.2) is 6.54 Å². The van der Waals surface area contributed by atoms with Crippen LogP contribution in [0.15, 0.2) is 36.4 Å². The summed E-state index contributed by atoms with van der Waals surface area (Å²) in [6, 6.07) is 12.0. The average Bonchev–Trinajstić information content (AvgIpc) is 2.46. The lowest BCUT2D eigenvalue weighted by atomic mass is 10.1. The lowest BCUT2D eigenvalue weighted by Gasteiger charge is -2.14. The molecule has 0 fully saturated rings. The van der Waals surface area contributed by atoms with Crippen LogP contribution >= 0.6 is 11.6 Å². The molecular weight excluding hydrogens is 282 g/mol. The first kappa shape index (κ1) is 15.9. The van der Waals surface area contributed by atoms with Crippen molar-refractivity contribution in [1.82, 2.24) is 5.32 Å². The van der Waals surface area contributed by atoms with Crippen molar-refractivity contribution in [2.45, 2.75) is 33.7 Å². The quantitative estimate of drug-likeness (QED) is 0.736. The van der Waals surface area contributed by atoms with Crippen LogP contribution in [0.3, 0.4) is 0 Å². The van der Waals surface area contributed by atoms with Gasteiger partial charge < -0.3 is 10.1 Å². The summed E-state index contributed by atoms with van der Waals surface area (Å²) in [6.07, 6.45) is 1.12. The van der Waals surface area contributed by atoms with Crippen LogP contribution in [0.1, 0.15) is 30.0 Å². The van der Waals surface area contributed by atoms with Crippen LogP contribution < -0.4 is 10.1 Å². The molecule has 0 heterocycles. The molecule has 3 heteroatoms. The van der Waals surface area contributed by atoms with E-state index in [2.05, 4.69) is 31.3 Å². The van der Waals surface area contributed by atoms with Gasteiger partial charge in [-0.1, -0.05) is 42.3 Å². The van der Waals surface area contributed by atoms with E-state index in [1.807, 2.05) is 31.2 Å². The highest BCUT2D eigenvalue weighted by Crippen LogP contribution is 2.32. The number of hydrogen-bond acceptors (Lipinski definition) is 2. The zero-order valence-electron chi connectivity index (χ0n) is 12.9. The van der Waals surface area contributed by atoms with E-state index >= 15 is 0 Å². The third-order valence-electron chi connectivity index (χ3n) is 3.26. The highest BCUT2D eigenvalue weighted by Gasteiger charge is 2.08. The first-order chi connectivity index (χ1) is 10.1. The van der Waals surface area contributed by atoms with E-state index in [4.69, 9.17) is 16.3 Å². The van der Waals surface area contributed by atoms with Crippen molar-refractivity contribution >= 4 is 11.6 Å². The van der Waals surface area contributed by atoms with E-state index in [0.29, 0.717) is 10.8 Å². The molecule has 2 nitrogen and oxygen atoms in total. The van der Waals surface area contributed by atoms with Crippen molar-refractivity contribution in [1.29, 1.82) is 0 Å². The van der Waals surface area contributed by atoms with Crippen molar-refractivity contribution < 1.29 is 4.74 Å². The summed E-state index contributed by atoms with van der Waals surface area (Å²) < 4.78 is 6.03. The minimum Gasteiger partial charge on any atom is -0.455 e. The molecule has 0 radical (unpaired) electrons. The predicted molar refractivity (Wildman–Crippen MR) is 89.4 cm³/mol. The monoisotopic (exact) mass is 303 g/mol. The fourth-order valence-corrected chi connectivity index (χ4v) is 2.31. The molecule has 0 saturated heterocycles. The zero-order chi connectivity index (χ0) is 15.2. The smallest absolute Gasteiger partial charge is 0.146 e. The van der Waals surface area contributed by atoms with Gasteiger partial charge in [-0.3, -0.25) is 0 Å². The molecule has 0 aliphatic rings. The molecule has 2 aromatic carbocycles. The number of aryl methyl sites for hydroxylation is 2. The summed E-state index contributed by atoms with van der Waals surface area (Å²) in [6.45, 7) is 8.08. The van der Waals surface area contributed by atoms with Gasteiger partial charge in [0.25, 0.3) is 0 Å². The molecule has 0 aromatic heterocycles. The van der Waals surface area contributed by atoms with E-state index in [1.54, 1.807) is 0 Å². The van der Waals surface area contributed by atoms with Gasteiger partial charge in [-0.25, -0.2) is 0 Å². The fourth-order valence-electron chi connectivity index (χ4n) is 2.15. The molecule has 1 N–H and O–H groups in total. The molecule has 0 atom stereocenters. The van der Waals surface area contributed by atoms with E-state index in [1.165, 1.54) is 5.56 Å². The molecule has 2 rings (SSSR count). The highest BCUT2D eigenvalue weighted by molar-refractivity contribution is 6.32. The summed E-state index contributed by atoms with van der Waals surface area (Å²) in [5.74, 6) is 1.56. The van der Waals surface area contributed by atoms with Crippen LogP contribution in [0.2, 0.25) is 5.02 Å². The number of benzene rings is 2. The number of halogens is 1. The standard InChI is InChI=1S/C18H22ClNO/c1-4-9-20-12-15-10-13(2)6-8-17(15)21-18-11-14(3)5-7-16(18)19/h5-8,10-11,20H,4,9,12H2,1-3H3. The molecular formula is C18H22ClNO. The van der Waals surface area contributed by atoms with Gasteiger partial charge in [-0.05, 0) is 50.6 Å². The Morgan fingerprint density at radius 2 is 1.71 bits per heavy atom. The fraction of sp³-hybridized carbons (Fsp3) is 0.333. The maximum Gasteiger partial charge on any atom is 0.146 e. The van der Waals surface area contributed by atoms with Crippen LogP contribution in [0.5, 0.6) is 11.5 Å². The van der Waals surface area contributed by atoms with E-state index < -0.39 is 0 Å². The minimum absolute atomic E-state index is 0.633. The van der Waals surface area contributed by atoms with Crippen molar-refractivity contribution in [3.8, 4) is 11.5 Å². The highest BCUT2D eigenvalue weighted by atomic mass is 35.5. The summed E-state index contributed by atoms with van der Waals surface area (Å²) >= 11 is 6.22. The van der Waals surface area contributed by atoms with Crippen LogP contribution in [0, 0.1) is 13.8 Å². The first-order valence-electron chi connectivity index (χ1n) is 7.34. The van der Waals surface area contributed by atoms with E-state index in [-0.39, 0.29) is 0 Å². The molecule has 0 unspecified atom stereocenters. The Labute approximate surface area is 132 Å². The van der Waals surface area contributed by atoms with E-state index in [9.17, 15) is 0 Å². The molecule has 0 spiro atoms. The van der Waals surface area contributed by atoms with Crippen molar-refractivity contribution in [2.75, 3.05) is 6.54 Å². The molecule has 21 heavy (non-hydrogen) atoms. The molecule has 0 aliphatic carbocycles. The number of ether oxygens (including phenoxy) is 1. The van der Waals surface area contributed by atoms with Crippen LogP contribution in [0.4, 0.5) is 0 Å². The van der Waals surface area contributed by atoms with Gasteiger partial charge in [0, 0.05) is 12.1 Å². The normalized spacial score (nSPS) is 10.7.